The highest BCUT2D eigenvalue weighted by Crippen LogP contribution is 2.25. The summed E-state index contributed by atoms with van der Waals surface area (Å²) in [6, 6.07) is 5.56. The van der Waals surface area contributed by atoms with Crippen LogP contribution in [0.3, 0.4) is 0 Å². The minimum atomic E-state index is -4.51. The van der Waals surface area contributed by atoms with E-state index in [1.807, 2.05) is 24.3 Å². The third-order valence-corrected chi connectivity index (χ3v) is 5.47. The molecule has 6 nitrogen and oxygen atoms in total. The molecular formula is C21H27ClF3N5OS. The lowest BCUT2D eigenvalue weighted by atomic mass is 10.2. The summed E-state index contributed by atoms with van der Waals surface area (Å²) in [6.07, 6.45) is -4.03. The zero-order chi connectivity index (χ0) is 24.3. The molecule has 1 unspecified atom stereocenters. The number of allylic oxidation sites excluding steroid dienone is 1. The van der Waals surface area contributed by atoms with E-state index in [4.69, 9.17) is 11.6 Å². The van der Waals surface area contributed by atoms with E-state index in [2.05, 4.69) is 33.9 Å². The van der Waals surface area contributed by atoms with Crippen LogP contribution in [0.5, 0.6) is 0 Å². The second-order valence-corrected chi connectivity index (χ2v) is 8.15. The monoisotopic (exact) mass is 489 g/mol. The zero-order valence-corrected chi connectivity index (χ0v) is 20.0. The Hall–Kier alpha value is -2.33. The van der Waals surface area contributed by atoms with E-state index >= 15 is 0 Å². The number of nitrogens with one attached hydrogen (secondary N) is 1. The molecule has 0 aliphatic carbocycles. The lowest BCUT2D eigenvalue weighted by Crippen LogP contribution is -2.47. The number of alkyl halides is 4. The maximum Gasteiger partial charge on any atom is 0.408 e. The molecule has 0 fully saturated rings. The quantitative estimate of drug-likeness (QED) is 0.127. The van der Waals surface area contributed by atoms with Gasteiger partial charge < -0.3 is 10.2 Å². The molecule has 1 aromatic rings. The van der Waals surface area contributed by atoms with Crippen LogP contribution >= 0.6 is 23.4 Å². The van der Waals surface area contributed by atoms with E-state index in [9.17, 15) is 18.0 Å². The van der Waals surface area contributed by atoms with Crippen LogP contribution in [0.4, 0.5) is 13.2 Å². The third-order valence-electron chi connectivity index (χ3n) is 4.45. The van der Waals surface area contributed by atoms with Gasteiger partial charge in [-0.15, -0.1) is 23.4 Å². The van der Waals surface area contributed by atoms with Gasteiger partial charge in [-0.2, -0.15) is 13.2 Å². The Labute approximate surface area is 195 Å². The van der Waals surface area contributed by atoms with E-state index in [0.717, 1.165) is 28.0 Å². The molecule has 0 aliphatic heterocycles. The van der Waals surface area contributed by atoms with Crippen LogP contribution < -0.4 is 5.32 Å². The first-order valence-corrected chi connectivity index (χ1v) is 11.2. The first-order valence-electron chi connectivity index (χ1n) is 9.65. The minimum absolute atomic E-state index is 0.0554. The summed E-state index contributed by atoms with van der Waals surface area (Å²) in [5.41, 5.74) is 1.15. The topological polar surface area (TPSA) is 69.4 Å². The summed E-state index contributed by atoms with van der Waals surface area (Å²) in [4.78, 5) is 25.7. The molecule has 1 aromatic carbocycles. The van der Waals surface area contributed by atoms with Crippen LogP contribution in [-0.4, -0.2) is 60.6 Å². The summed E-state index contributed by atoms with van der Waals surface area (Å²) in [5, 5.41) is 2.75. The molecule has 0 radical (unpaired) electrons. The van der Waals surface area contributed by atoms with Gasteiger partial charge in [-0.25, -0.2) is 0 Å². The van der Waals surface area contributed by atoms with Crippen molar-refractivity contribution >= 4 is 48.0 Å². The number of amidine groups is 2. The molecule has 11 heteroatoms. The molecular weight excluding hydrogens is 463 g/mol. The largest absolute Gasteiger partial charge is 0.408 e. The number of aldehydes is 1. The molecule has 176 valence electrons. The smallest absolute Gasteiger partial charge is 0.346 e. The molecule has 0 saturated heterocycles. The SMILES string of the molecule is C=N/C(C)=C(/NC(C=O)=NCc1ccc(SCC)cc1)C(=NCCl)N(C)C(C)C(F)(F)F. The Morgan fingerprint density at radius 2 is 1.94 bits per heavy atom. The van der Waals surface area contributed by atoms with Gasteiger partial charge in [-0.05, 0) is 44.0 Å². The molecule has 1 atom stereocenters. The van der Waals surface area contributed by atoms with Gasteiger partial charge in [-0.1, -0.05) is 19.1 Å². The number of carbonyl (C=O) groups excluding carboxylic acids is 1. The lowest BCUT2D eigenvalue weighted by Gasteiger charge is -2.31. The van der Waals surface area contributed by atoms with Crippen LogP contribution in [0.15, 0.2) is 55.5 Å². The first kappa shape index (κ1) is 27.7. The zero-order valence-electron chi connectivity index (χ0n) is 18.4. The summed E-state index contributed by atoms with van der Waals surface area (Å²) in [6.45, 7) is 8.20. The molecule has 0 heterocycles. The van der Waals surface area contributed by atoms with Crippen LogP contribution in [0.2, 0.25) is 0 Å². The highest BCUT2D eigenvalue weighted by atomic mass is 35.5. The number of nitrogens with zero attached hydrogens (tertiary/aromatic N) is 4. The van der Waals surface area contributed by atoms with Crippen LogP contribution in [0, 0.1) is 0 Å². The Balaban J connectivity index is 3.22. The van der Waals surface area contributed by atoms with Gasteiger partial charge in [0.15, 0.2) is 18.0 Å². The highest BCUT2D eigenvalue weighted by Gasteiger charge is 2.40. The molecule has 1 N–H and O–H groups in total. The number of rotatable bonds is 10. The number of thioether (sulfide) groups is 1. The van der Waals surface area contributed by atoms with Crippen LogP contribution in [0.25, 0.3) is 0 Å². The Kier molecular flexibility index (Phi) is 11.5. The first-order chi connectivity index (χ1) is 15.1. The van der Waals surface area contributed by atoms with Crippen LogP contribution in [0.1, 0.15) is 26.3 Å². The van der Waals surface area contributed by atoms with Crippen molar-refractivity contribution in [2.24, 2.45) is 15.0 Å². The lowest BCUT2D eigenvalue weighted by molar-refractivity contribution is -0.166. The summed E-state index contributed by atoms with van der Waals surface area (Å²) in [7, 11) is 1.23. The van der Waals surface area contributed by atoms with E-state index in [1.54, 1.807) is 11.8 Å². The van der Waals surface area contributed by atoms with Gasteiger partial charge in [0.25, 0.3) is 0 Å². The number of hydrogen-bond donors (Lipinski definition) is 1. The second-order valence-electron chi connectivity index (χ2n) is 6.57. The minimum Gasteiger partial charge on any atom is -0.346 e. The molecule has 0 aliphatic rings. The fourth-order valence-corrected chi connectivity index (χ4v) is 3.26. The van der Waals surface area contributed by atoms with Gasteiger partial charge in [0.2, 0.25) is 0 Å². The molecule has 0 bridgehead atoms. The molecule has 0 amide bonds. The standard InChI is InChI=1S/C21H27ClF3N5OS/c1-6-32-17-9-7-16(8-10-17)11-27-18(12-31)29-19(14(2)26-4)20(28-13-22)30(5)15(3)21(23,24)25/h7-10,12,15H,4,6,11,13H2,1-3,5H3,(H,27,29)/b19-14+,28-20?. The highest BCUT2D eigenvalue weighted by molar-refractivity contribution is 7.99. The molecule has 1 rings (SSSR count). The predicted octanol–water partition coefficient (Wildman–Crippen LogP) is 4.90. The van der Waals surface area contributed by atoms with E-state index in [-0.39, 0.29) is 35.6 Å². The summed E-state index contributed by atoms with van der Waals surface area (Å²) < 4.78 is 39.8. The third kappa shape index (κ3) is 8.31. The fraction of sp³-hybridized carbons (Fsp3) is 0.429. The van der Waals surface area contributed by atoms with Gasteiger partial charge in [-0.3, -0.25) is 19.8 Å². The number of carbonyl (C=O) groups is 1. The fourth-order valence-electron chi connectivity index (χ4n) is 2.48. The van der Waals surface area contributed by atoms with Crippen molar-refractivity contribution in [3.63, 3.8) is 0 Å². The molecule has 0 aromatic heterocycles. The van der Waals surface area contributed by atoms with E-state index in [0.29, 0.717) is 6.29 Å². The summed E-state index contributed by atoms with van der Waals surface area (Å²) >= 11 is 7.41. The van der Waals surface area contributed by atoms with E-state index in [1.165, 1.54) is 14.0 Å². The molecule has 32 heavy (non-hydrogen) atoms. The number of aliphatic imine (C=N–C) groups is 3. The number of benzene rings is 1. The normalized spacial score (nSPS) is 14.5. The van der Waals surface area contributed by atoms with Crippen molar-refractivity contribution < 1.29 is 18.0 Å². The number of likely N-dealkylation sites (N-methyl/N-ethyl adjacent to an activating group) is 1. The Morgan fingerprint density at radius 3 is 2.41 bits per heavy atom. The molecule has 0 spiro atoms. The van der Waals surface area contributed by atoms with Crippen molar-refractivity contribution in [1.29, 1.82) is 0 Å². The molecule has 0 saturated carbocycles. The Bertz CT molecular complexity index is 869. The van der Waals surface area contributed by atoms with Gasteiger partial charge >= 0.3 is 6.18 Å². The van der Waals surface area contributed by atoms with Crippen LogP contribution in [-0.2, 0) is 11.3 Å². The Morgan fingerprint density at radius 1 is 1.31 bits per heavy atom. The van der Waals surface area contributed by atoms with Crippen molar-refractivity contribution in [2.75, 3.05) is 18.8 Å². The number of halogens is 4. The van der Waals surface area contributed by atoms with E-state index < -0.39 is 12.2 Å². The second kappa shape index (κ2) is 13.3. The average molecular weight is 490 g/mol. The van der Waals surface area contributed by atoms with Gasteiger partial charge in [0.1, 0.15) is 17.7 Å². The maximum absolute atomic E-state index is 13.3. The number of hydrogen-bond acceptors (Lipinski definition) is 5. The van der Waals surface area contributed by atoms with Gasteiger partial charge in [0.05, 0.1) is 12.2 Å². The average Bonchev–Trinajstić information content (AvgIpc) is 2.77. The summed E-state index contributed by atoms with van der Waals surface area (Å²) in [5.74, 6) is 0.742. The van der Waals surface area contributed by atoms with Crippen molar-refractivity contribution in [3.05, 3.63) is 41.2 Å². The van der Waals surface area contributed by atoms with Gasteiger partial charge in [0, 0.05) is 11.9 Å². The predicted molar refractivity (Wildman–Crippen MR) is 127 cm³/mol. The maximum atomic E-state index is 13.3. The van der Waals surface area contributed by atoms with Crippen molar-refractivity contribution in [2.45, 2.75) is 44.4 Å². The van der Waals surface area contributed by atoms with Crippen molar-refractivity contribution in [3.8, 4) is 0 Å². The van der Waals surface area contributed by atoms with Crippen molar-refractivity contribution in [1.82, 2.24) is 10.2 Å².